The average Bonchev–Trinajstić information content (AvgIpc) is 2.46. The first-order chi connectivity index (χ1) is 10.3. The standard InChI is InChI=1S/C13H17N3O6/c1-3-22-12(18)8(2)7-14-13(19)15-10-5-4-9(16(20)21)6-11(10)17/h4-6,8,17H,3,7H2,1-2H3,(H2,14,15,19). The summed E-state index contributed by atoms with van der Waals surface area (Å²) >= 11 is 0. The molecule has 9 nitrogen and oxygen atoms in total. The zero-order valence-electron chi connectivity index (χ0n) is 12.2. The Kier molecular flexibility index (Phi) is 6.11. The SMILES string of the molecule is CCOC(=O)C(C)CNC(=O)Nc1ccc([N+](=O)[O-])cc1O. The minimum absolute atomic E-state index is 0.0203. The summed E-state index contributed by atoms with van der Waals surface area (Å²) in [7, 11) is 0. The third-order valence-electron chi connectivity index (χ3n) is 2.70. The topological polar surface area (TPSA) is 131 Å². The number of nitro benzene ring substituents is 1. The number of nitrogens with one attached hydrogen (secondary N) is 2. The first-order valence-electron chi connectivity index (χ1n) is 6.54. The molecule has 1 atom stereocenters. The number of esters is 1. The number of rotatable bonds is 6. The Hall–Kier alpha value is -2.84. The van der Waals surface area contributed by atoms with Crippen LogP contribution in [0, 0.1) is 16.0 Å². The summed E-state index contributed by atoms with van der Waals surface area (Å²) < 4.78 is 4.79. The number of hydrogen-bond acceptors (Lipinski definition) is 6. The maximum atomic E-state index is 11.6. The van der Waals surface area contributed by atoms with Gasteiger partial charge in [-0.1, -0.05) is 6.92 Å². The Bertz CT molecular complexity index is 575. The monoisotopic (exact) mass is 311 g/mol. The van der Waals surface area contributed by atoms with Crippen LogP contribution in [0.4, 0.5) is 16.2 Å². The molecule has 0 radical (unpaired) electrons. The molecule has 0 saturated carbocycles. The van der Waals surface area contributed by atoms with Crippen LogP contribution in [0.5, 0.6) is 5.75 Å². The van der Waals surface area contributed by atoms with Gasteiger partial charge in [0, 0.05) is 12.6 Å². The molecule has 0 heterocycles. The molecule has 0 bridgehead atoms. The lowest BCUT2D eigenvalue weighted by Gasteiger charge is -2.12. The van der Waals surface area contributed by atoms with Gasteiger partial charge >= 0.3 is 12.0 Å². The molecule has 0 aliphatic rings. The molecule has 3 N–H and O–H groups in total. The summed E-state index contributed by atoms with van der Waals surface area (Å²) in [5, 5.41) is 24.9. The molecule has 1 aromatic rings. The van der Waals surface area contributed by atoms with E-state index in [9.17, 15) is 24.8 Å². The van der Waals surface area contributed by atoms with Crippen LogP contribution >= 0.6 is 0 Å². The van der Waals surface area contributed by atoms with Gasteiger partial charge in [-0.2, -0.15) is 0 Å². The van der Waals surface area contributed by atoms with Crippen LogP contribution in [-0.2, 0) is 9.53 Å². The van der Waals surface area contributed by atoms with Gasteiger partial charge in [0.25, 0.3) is 5.69 Å². The normalized spacial score (nSPS) is 11.4. The molecule has 9 heteroatoms. The highest BCUT2D eigenvalue weighted by Crippen LogP contribution is 2.27. The van der Waals surface area contributed by atoms with E-state index in [1.165, 1.54) is 6.07 Å². The van der Waals surface area contributed by atoms with Crippen molar-refractivity contribution < 1.29 is 24.4 Å². The highest BCUT2D eigenvalue weighted by atomic mass is 16.6. The van der Waals surface area contributed by atoms with Crippen LogP contribution in [-0.4, -0.2) is 35.2 Å². The number of non-ortho nitro benzene ring substituents is 1. The lowest BCUT2D eigenvalue weighted by atomic mass is 10.2. The van der Waals surface area contributed by atoms with Gasteiger partial charge in [-0.05, 0) is 13.0 Å². The number of phenolic OH excluding ortho intramolecular Hbond substituents is 1. The molecular weight excluding hydrogens is 294 g/mol. The number of urea groups is 1. The third kappa shape index (κ3) is 4.93. The van der Waals surface area contributed by atoms with E-state index in [4.69, 9.17) is 4.74 Å². The minimum atomic E-state index is -0.662. The van der Waals surface area contributed by atoms with Crippen LogP contribution in [0.2, 0.25) is 0 Å². The number of benzene rings is 1. The van der Waals surface area contributed by atoms with E-state index in [0.717, 1.165) is 12.1 Å². The maximum absolute atomic E-state index is 11.6. The van der Waals surface area contributed by atoms with Gasteiger partial charge in [0.05, 0.1) is 29.2 Å². The van der Waals surface area contributed by atoms with Gasteiger partial charge in [0.2, 0.25) is 0 Å². The van der Waals surface area contributed by atoms with Crippen LogP contribution < -0.4 is 10.6 Å². The number of hydrogen-bond donors (Lipinski definition) is 3. The number of nitrogens with zero attached hydrogens (tertiary/aromatic N) is 1. The van der Waals surface area contributed by atoms with Gasteiger partial charge in [0.1, 0.15) is 5.75 Å². The van der Waals surface area contributed by atoms with E-state index < -0.39 is 28.6 Å². The Labute approximate surface area is 126 Å². The lowest BCUT2D eigenvalue weighted by Crippen LogP contribution is -2.35. The van der Waals surface area contributed by atoms with Crippen molar-refractivity contribution in [2.75, 3.05) is 18.5 Å². The number of nitro groups is 1. The second kappa shape index (κ2) is 7.81. The zero-order chi connectivity index (χ0) is 16.7. The van der Waals surface area contributed by atoms with Crippen LogP contribution in [0.15, 0.2) is 18.2 Å². The Morgan fingerprint density at radius 1 is 1.45 bits per heavy atom. The molecule has 120 valence electrons. The number of carbonyl (C=O) groups is 2. The van der Waals surface area contributed by atoms with E-state index in [1.807, 2.05) is 0 Å². The molecule has 1 aromatic carbocycles. The van der Waals surface area contributed by atoms with Crippen LogP contribution in [0.25, 0.3) is 0 Å². The highest BCUT2D eigenvalue weighted by molar-refractivity contribution is 5.91. The summed E-state index contributed by atoms with van der Waals surface area (Å²) in [6, 6.07) is 2.63. The largest absolute Gasteiger partial charge is 0.506 e. The molecular formula is C13H17N3O6. The lowest BCUT2D eigenvalue weighted by molar-refractivity contribution is -0.384. The van der Waals surface area contributed by atoms with E-state index in [-0.39, 0.29) is 24.5 Å². The third-order valence-corrected chi connectivity index (χ3v) is 2.70. The Morgan fingerprint density at radius 3 is 2.68 bits per heavy atom. The molecule has 0 aliphatic carbocycles. The summed E-state index contributed by atoms with van der Waals surface area (Å²) in [4.78, 5) is 32.9. The fraction of sp³-hybridized carbons (Fsp3) is 0.385. The van der Waals surface area contributed by atoms with E-state index in [1.54, 1.807) is 13.8 Å². The van der Waals surface area contributed by atoms with Gasteiger partial charge < -0.3 is 20.5 Å². The van der Waals surface area contributed by atoms with E-state index in [0.29, 0.717) is 0 Å². The number of aromatic hydroxyl groups is 1. The fourth-order valence-electron chi connectivity index (χ4n) is 1.52. The quantitative estimate of drug-likeness (QED) is 0.316. The van der Waals surface area contributed by atoms with Crippen molar-refractivity contribution in [2.45, 2.75) is 13.8 Å². The molecule has 0 fully saturated rings. The summed E-state index contributed by atoms with van der Waals surface area (Å²) in [6.07, 6.45) is 0. The van der Waals surface area contributed by atoms with Gasteiger partial charge in [-0.15, -0.1) is 0 Å². The minimum Gasteiger partial charge on any atom is -0.506 e. The number of amides is 2. The van der Waals surface area contributed by atoms with E-state index in [2.05, 4.69) is 10.6 Å². The van der Waals surface area contributed by atoms with Crippen molar-refractivity contribution in [2.24, 2.45) is 5.92 Å². The second-order valence-corrected chi connectivity index (χ2v) is 4.45. The maximum Gasteiger partial charge on any atom is 0.319 e. The smallest absolute Gasteiger partial charge is 0.319 e. The molecule has 0 aliphatic heterocycles. The Balaban J connectivity index is 2.55. The molecule has 22 heavy (non-hydrogen) atoms. The predicted molar refractivity (Wildman–Crippen MR) is 77.6 cm³/mol. The van der Waals surface area contributed by atoms with Crippen LogP contribution in [0.1, 0.15) is 13.8 Å². The summed E-state index contributed by atoms with van der Waals surface area (Å²) in [5.41, 5.74) is -0.272. The zero-order valence-corrected chi connectivity index (χ0v) is 12.2. The van der Waals surface area contributed by atoms with Crippen molar-refractivity contribution in [1.82, 2.24) is 5.32 Å². The van der Waals surface area contributed by atoms with Crippen molar-refractivity contribution in [1.29, 1.82) is 0 Å². The first kappa shape index (κ1) is 17.2. The van der Waals surface area contributed by atoms with Crippen molar-refractivity contribution in [3.8, 4) is 5.75 Å². The first-order valence-corrected chi connectivity index (χ1v) is 6.54. The van der Waals surface area contributed by atoms with Crippen LogP contribution in [0.3, 0.4) is 0 Å². The molecule has 1 unspecified atom stereocenters. The second-order valence-electron chi connectivity index (χ2n) is 4.45. The number of anilines is 1. The summed E-state index contributed by atoms with van der Waals surface area (Å²) in [5.74, 6) is -1.38. The highest BCUT2D eigenvalue weighted by Gasteiger charge is 2.16. The molecule has 2 amide bonds. The number of carbonyl (C=O) groups excluding carboxylic acids is 2. The van der Waals surface area contributed by atoms with Gasteiger partial charge in [-0.25, -0.2) is 4.79 Å². The predicted octanol–water partition coefficient (Wildman–Crippen LogP) is 1.62. The fourth-order valence-corrected chi connectivity index (χ4v) is 1.52. The number of phenols is 1. The van der Waals surface area contributed by atoms with Gasteiger partial charge in [-0.3, -0.25) is 14.9 Å². The van der Waals surface area contributed by atoms with E-state index >= 15 is 0 Å². The molecule has 0 saturated heterocycles. The summed E-state index contributed by atoms with van der Waals surface area (Å²) in [6.45, 7) is 3.59. The molecule has 0 aromatic heterocycles. The molecule has 1 rings (SSSR count). The number of ether oxygens (including phenoxy) is 1. The Morgan fingerprint density at radius 2 is 2.14 bits per heavy atom. The van der Waals surface area contributed by atoms with Crippen molar-refractivity contribution in [3.63, 3.8) is 0 Å². The van der Waals surface area contributed by atoms with Crippen molar-refractivity contribution >= 4 is 23.4 Å². The van der Waals surface area contributed by atoms with Crippen molar-refractivity contribution in [3.05, 3.63) is 28.3 Å². The average molecular weight is 311 g/mol. The van der Waals surface area contributed by atoms with Gasteiger partial charge in [0.15, 0.2) is 0 Å². The molecule has 0 spiro atoms.